The molecule has 2 rings (SSSR count). The molecule has 1 aliphatic rings. The summed E-state index contributed by atoms with van der Waals surface area (Å²) in [5, 5.41) is 3.63. The van der Waals surface area contributed by atoms with Crippen LogP contribution < -0.4 is 10.2 Å². The van der Waals surface area contributed by atoms with Crippen molar-refractivity contribution in [3.63, 3.8) is 0 Å². The molecule has 1 unspecified atom stereocenters. The number of hydrogen-bond donors (Lipinski definition) is 1. The van der Waals surface area contributed by atoms with Crippen LogP contribution in [-0.4, -0.2) is 25.7 Å². The van der Waals surface area contributed by atoms with E-state index in [1.807, 2.05) is 0 Å². The lowest BCUT2D eigenvalue weighted by Crippen LogP contribution is -2.51. The molecule has 1 fully saturated rings. The van der Waals surface area contributed by atoms with Gasteiger partial charge in [0.2, 0.25) is 0 Å². The van der Waals surface area contributed by atoms with Crippen LogP contribution in [-0.2, 0) is 0 Å². The van der Waals surface area contributed by atoms with Crippen LogP contribution in [0.1, 0.15) is 20.3 Å². The number of rotatable bonds is 3. The maximum atomic E-state index is 3.63. The van der Waals surface area contributed by atoms with Crippen molar-refractivity contribution in [2.75, 3.05) is 24.5 Å². The summed E-state index contributed by atoms with van der Waals surface area (Å²) in [6.07, 6.45) is 1.26. The van der Waals surface area contributed by atoms with Gasteiger partial charge in [-0.05, 0) is 47.1 Å². The second kappa shape index (κ2) is 6.05. The summed E-state index contributed by atoms with van der Waals surface area (Å²) in [6, 6.07) is 9.31. The molecular formula is C14H21IN2. The monoisotopic (exact) mass is 344 g/mol. The Labute approximate surface area is 118 Å². The maximum Gasteiger partial charge on any atom is 0.0502 e. The molecule has 0 amide bonds. The van der Waals surface area contributed by atoms with Crippen LogP contribution in [0.2, 0.25) is 0 Å². The van der Waals surface area contributed by atoms with Gasteiger partial charge in [-0.2, -0.15) is 0 Å². The third-order valence-electron chi connectivity index (χ3n) is 3.20. The molecule has 1 saturated heterocycles. The minimum atomic E-state index is 0.639. The molecule has 1 atom stereocenters. The number of nitrogens with one attached hydrogen (secondary N) is 1. The Morgan fingerprint density at radius 2 is 2.18 bits per heavy atom. The second-order valence-corrected chi connectivity index (χ2v) is 6.34. The molecule has 0 spiro atoms. The van der Waals surface area contributed by atoms with Crippen LogP contribution in [0.15, 0.2) is 24.3 Å². The van der Waals surface area contributed by atoms with Crippen LogP contribution in [0.25, 0.3) is 0 Å². The highest BCUT2D eigenvalue weighted by Crippen LogP contribution is 2.23. The molecule has 1 aromatic carbocycles. The molecule has 0 radical (unpaired) electrons. The fraction of sp³-hybridized carbons (Fsp3) is 0.571. The van der Waals surface area contributed by atoms with E-state index in [4.69, 9.17) is 0 Å². The minimum absolute atomic E-state index is 0.639. The van der Waals surface area contributed by atoms with Crippen molar-refractivity contribution in [1.82, 2.24) is 5.32 Å². The lowest BCUT2D eigenvalue weighted by atomic mass is 10.0. The van der Waals surface area contributed by atoms with E-state index >= 15 is 0 Å². The second-order valence-electron chi connectivity index (χ2n) is 5.18. The molecule has 1 aromatic rings. The fourth-order valence-corrected chi connectivity index (χ4v) is 3.21. The Hall–Kier alpha value is -0.290. The van der Waals surface area contributed by atoms with E-state index in [1.165, 1.54) is 15.7 Å². The summed E-state index contributed by atoms with van der Waals surface area (Å²) < 4.78 is 1.36. The van der Waals surface area contributed by atoms with Crippen LogP contribution in [0, 0.1) is 9.49 Å². The Bertz CT molecular complexity index is 365. The van der Waals surface area contributed by atoms with Gasteiger partial charge in [0.1, 0.15) is 0 Å². The topological polar surface area (TPSA) is 15.3 Å². The Morgan fingerprint density at radius 1 is 1.41 bits per heavy atom. The average Bonchev–Trinajstić information content (AvgIpc) is 2.29. The van der Waals surface area contributed by atoms with E-state index in [1.54, 1.807) is 0 Å². The number of halogens is 1. The van der Waals surface area contributed by atoms with Gasteiger partial charge in [-0.3, -0.25) is 0 Å². The quantitative estimate of drug-likeness (QED) is 0.848. The number of anilines is 1. The molecule has 17 heavy (non-hydrogen) atoms. The fourth-order valence-electron chi connectivity index (χ4n) is 2.48. The maximum absolute atomic E-state index is 3.63. The first-order chi connectivity index (χ1) is 8.16. The molecule has 1 aliphatic heterocycles. The summed E-state index contributed by atoms with van der Waals surface area (Å²) in [6.45, 7) is 7.95. The Balaban J connectivity index is 2.04. The van der Waals surface area contributed by atoms with E-state index in [9.17, 15) is 0 Å². The highest BCUT2D eigenvalue weighted by Gasteiger charge is 2.21. The smallest absolute Gasteiger partial charge is 0.0502 e. The van der Waals surface area contributed by atoms with Gasteiger partial charge in [0, 0.05) is 29.2 Å². The molecule has 0 saturated carbocycles. The summed E-state index contributed by atoms with van der Waals surface area (Å²) in [5.41, 5.74) is 1.39. The Kier molecular flexibility index (Phi) is 4.68. The summed E-state index contributed by atoms with van der Waals surface area (Å²) in [4.78, 5) is 2.52. The first-order valence-corrected chi connectivity index (χ1v) is 7.47. The lowest BCUT2D eigenvalue weighted by molar-refractivity contribution is 0.388. The molecule has 0 bridgehead atoms. The molecular weight excluding hydrogens is 323 g/mol. The van der Waals surface area contributed by atoms with E-state index in [-0.39, 0.29) is 0 Å². The van der Waals surface area contributed by atoms with E-state index < -0.39 is 0 Å². The Morgan fingerprint density at radius 3 is 2.88 bits per heavy atom. The molecule has 94 valence electrons. The van der Waals surface area contributed by atoms with Crippen molar-refractivity contribution in [2.24, 2.45) is 5.92 Å². The zero-order valence-electron chi connectivity index (χ0n) is 10.6. The van der Waals surface area contributed by atoms with Gasteiger partial charge in [0.25, 0.3) is 0 Å². The minimum Gasteiger partial charge on any atom is -0.368 e. The molecule has 0 aromatic heterocycles. The van der Waals surface area contributed by atoms with Gasteiger partial charge >= 0.3 is 0 Å². The van der Waals surface area contributed by atoms with E-state index in [0.717, 1.165) is 25.6 Å². The van der Waals surface area contributed by atoms with Gasteiger partial charge in [-0.1, -0.05) is 26.0 Å². The van der Waals surface area contributed by atoms with Gasteiger partial charge < -0.3 is 10.2 Å². The SMILES string of the molecule is CC(C)CC1CN(c2ccccc2I)CCN1. The average molecular weight is 344 g/mol. The zero-order chi connectivity index (χ0) is 12.3. The predicted octanol–water partition coefficient (Wildman–Crippen LogP) is 3.12. The van der Waals surface area contributed by atoms with Crippen molar-refractivity contribution in [3.8, 4) is 0 Å². The molecule has 0 aliphatic carbocycles. The first kappa shape index (κ1) is 13.1. The number of benzene rings is 1. The number of nitrogens with zero attached hydrogens (tertiary/aromatic N) is 1. The lowest BCUT2D eigenvalue weighted by Gasteiger charge is -2.36. The zero-order valence-corrected chi connectivity index (χ0v) is 12.8. The number of piperazine rings is 1. The standard InChI is InChI=1S/C14H21IN2/c1-11(2)9-12-10-17(8-7-16-12)14-6-4-3-5-13(14)15/h3-6,11-12,16H,7-10H2,1-2H3. The van der Waals surface area contributed by atoms with Crippen LogP contribution in [0.5, 0.6) is 0 Å². The first-order valence-electron chi connectivity index (χ1n) is 6.39. The van der Waals surface area contributed by atoms with Crippen molar-refractivity contribution in [1.29, 1.82) is 0 Å². The predicted molar refractivity (Wildman–Crippen MR) is 82.6 cm³/mol. The van der Waals surface area contributed by atoms with Crippen molar-refractivity contribution in [2.45, 2.75) is 26.3 Å². The summed E-state index contributed by atoms with van der Waals surface area (Å²) in [7, 11) is 0. The van der Waals surface area contributed by atoms with Crippen LogP contribution in [0.4, 0.5) is 5.69 Å². The van der Waals surface area contributed by atoms with Crippen molar-refractivity contribution >= 4 is 28.3 Å². The largest absolute Gasteiger partial charge is 0.368 e. The van der Waals surface area contributed by atoms with Gasteiger partial charge in [-0.25, -0.2) is 0 Å². The van der Waals surface area contributed by atoms with Crippen molar-refractivity contribution < 1.29 is 0 Å². The van der Waals surface area contributed by atoms with E-state index in [0.29, 0.717) is 6.04 Å². The normalized spacial score (nSPS) is 20.9. The van der Waals surface area contributed by atoms with Gasteiger partial charge in [-0.15, -0.1) is 0 Å². The summed E-state index contributed by atoms with van der Waals surface area (Å²) >= 11 is 2.43. The molecule has 1 heterocycles. The van der Waals surface area contributed by atoms with Gasteiger partial charge in [0.15, 0.2) is 0 Å². The molecule has 1 N–H and O–H groups in total. The van der Waals surface area contributed by atoms with Crippen LogP contribution >= 0.6 is 22.6 Å². The molecule has 2 nitrogen and oxygen atoms in total. The third kappa shape index (κ3) is 3.58. The highest BCUT2D eigenvalue weighted by atomic mass is 127. The van der Waals surface area contributed by atoms with E-state index in [2.05, 4.69) is 70.9 Å². The molecule has 3 heteroatoms. The third-order valence-corrected chi connectivity index (χ3v) is 4.12. The van der Waals surface area contributed by atoms with Crippen LogP contribution in [0.3, 0.4) is 0 Å². The van der Waals surface area contributed by atoms with Gasteiger partial charge in [0.05, 0.1) is 5.69 Å². The number of hydrogen-bond acceptors (Lipinski definition) is 2. The highest BCUT2D eigenvalue weighted by molar-refractivity contribution is 14.1. The number of para-hydroxylation sites is 1. The summed E-state index contributed by atoms with van der Waals surface area (Å²) in [5.74, 6) is 0.766. The van der Waals surface area contributed by atoms with Crippen molar-refractivity contribution in [3.05, 3.63) is 27.8 Å².